The van der Waals surface area contributed by atoms with Crippen molar-refractivity contribution in [2.45, 2.75) is 13.8 Å². The van der Waals surface area contributed by atoms with Crippen LogP contribution in [0, 0.1) is 13.8 Å². The van der Waals surface area contributed by atoms with Gasteiger partial charge in [0.1, 0.15) is 0 Å². The van der Waals surface area contributed by atoms with Crippen LogP contribution < -0.4 is 0 Å². The molecule has 4 heteroatoms. The lowest BCUT2D eigenvalue weighted by atomic mass is 9.93. The van der Waals surface area contributed by atoms with E-state index in [0.29, 0.717) is 0 Å². The molecule has 4 heterocycles. The highest BCUT2D eigenvalue weighted by molar-refractivity contribution is 6.12. The van der Waals surface area contributed by atoms with Gasteiger partial charge >= 0.3 is 0 Å². The second-order valence-electron chi connectivity index (χ2n) is 10.4. The predicted octanol–water partition coefficient (Wildman–Crippen LogP) is 9.52. The molecule has 0 aliphatic carbocycles. The fraction of sp³-hybridized carbons (Fsp3) is 0.0526. The number of pyridine rings is 4. The summed E-state index contributed by atoms with van der Waals surface area (Å²) in [4.78, 5) is 18.4. The van der Waals surface area contributed by atoms with Gasteiger partial charge in [-0.05, 0) is 72.0 Å². The molecule has 0 fully saturated rings. The van der Waals surface area contributed by atoms with E-state index in [1.807, 2.05) is 36.7 Å². The summed E-state index contributed by atoms with van der Waals surface area (Å²) in [5, 5.41) is 4.56. The lowest BCUT2D eigenvalue weighted by Gasteiger charge is -2.15. The van der Waals surface area contributed by atoms with Gasteiger partial charge in [0.25, 0.3) is 0 Å². The fourth-order valence-corrected chi connectivity index (χ4v) is 5.70. The molecule has 0 unspecified atom stereocenters. The summed E-state index contributed by atoms with van der Waals surface area (Å²) >= 11 is 0. The number of hydrogen-bond donors (Lipinski definition) is 0. The van der Waals surface area contributed by atoms with Crippen molar-refractivity contribution in [2.75, 3.05) is 0 Å². The van der Waals surface area contributed by atoms with E-state index in [4.69, 9.17) is 9.97 Å². The first-order chi connectivity index (χ1) is 20.7. The van der Waals surface area contributed by atoms with E-state index in [2.05, 4.69) is 115 Å². The molecule has 200 valence electrons. The van der Waals surface area contributed by atoms with Crippen molar-refractivity contribution < 1.29 is 0 Å². The molecule has 0 saturated heterocycles. The molecule has 4 aromatic carbocycles. The Balaban J connectivity index is 0.000000171. The maximum absolute atomic E-state index is 4.96. The first-order valence-electron chi connectivity index (χ1n) is 14.1. The summed E-state index contributed by atoms with van der Waals surface area (Å²) in [5.74, 6) is 0. The largest absolute Gasteiger partial charge is 0.256 e. The zero-order valence-electron chi connectivity index (χ0n) is 23.5. The standard InChI is InChI=1S/C26H20N2.C12H8N2/c1-17-18(2)28-26-23(24(17)20-11-7-4-8-12-20)14-13-22-21(15-16-27-25(22)26)19-9-5-3-6-10-19;1-3-9-5-6-11-10(4-2-7-13-11)12(9)14-8-1/h3-16H,1-2H3;1-8H. The summed E-state index contributed by atoms with van der Waals surface area (Å²) in [5.41, 5.74) is 11.1. The van der Waals surface area contributed by atoms with Crippen LogP contribution in [0.4, 0.5) is 0 Å². The van der Waals surface area contributed by atoms with E-state index >= 15 is 0 Å². The van der Waals surface area contributed by atoms with Crippen LogP contribution in [0.1, 0.15) is 11.3 Å². The number of nitrogens with zero attached hydrogens (tertiary/aromatic N) is 4. The Morgan fingerprint density at radius 2 is 1.14 bits per heavy atom. The number of aryl methyl sites for hydroxylation is 1. The Morgan fingerprint density at radius 3 is 1.95 bits per heavy atom. The van der Waals surface area contributed by atoms with E-state index in [1.54, 1.807) is 6.20 Å². The lowest BCUT2D eigenvalue weighted by molar-refractivity contribution is 1.20. The second kappa shape index (κ2) is 10.8. The molecule has 4 aromatic heterocycles. The molecule has 42 heavy (non-hydrogen) atoms. The van der Waals surface area contributed by atoms with Gasteiger partial charge in [0, 0.05) is 45.8 Å². The van der Waals surface area contributed by atoms with Crippen LogP contribution in [0.3, 0.4) is 0 Å². The summed E-state index contributed by atoms with van der Waals surface area (Å²) in [6, 6.07) is 39.6. The number of hydrogen-bond acceptors (Lipinski definition) is 4. The van der Waals surface area contributed by atoms with Gasteiger partial charge in [0.05, 0.1) is 22.1 Å². The molecule has 0 saturated carbocycles. The van der Waals surface area contributed by atoms with Crippen LogP contribution in [0.2, 0.25) is 0 Å². The average Bonchev–Trinajstić information content (AvgIpc) is 3.06. The summed E-state index contributed by atoms with van der Waals surface area (Å²) < 4.78 is 0. The fourth-order valence-electron chi connectivity index (χ4n) is 5.70. The molecular weight excluding hydrogens is 512 g/mol. The molecule has 4 nitrogen and oxygen atoms in total. The zero-order chi connectivity index (χ0) is 28.5. The first kappa shape index (κ1) is 25.5. The Morgan fingerprint density at radius 1 is 0.452 bits per heavy atom. The number of aromatic nitrogens is 4. The highest BCUT2D eigenvalue weighted by Crippen LogP contribution is 2.37. The van der Waals surface area contributed by atoms with Gasteiger partial charge in [0.15, 0.2) is 0 Å². The van der Waals surface area contributed by atoms with E-state index in [0.717, 1.165) is 49.3 Å². The molecule has 8 rings (SSSR count). The number of rotatable bonds is 2. The minimum absolute atomic E-state index is 0.958. The molecule has 0 amide bonds. The van der Waals surface area contributed by atoms with Gasteiger partial charge in [-0.3, -0.25) is 19.9 Å². The molecule has 0 aliphatic rings. The predicted molar refractivity (Wildman–Crippen MR) is 174 cm³/mol. The SMILES string of the molecule is Cc1nc2c(ccc3c(-c4ccccc4)ccnc32)c(-c2ccccc2)c1C.c1cnc2c(c1)ccc1ncccc12. The lowest BCUT2D eigenvalue weighted by Crippen LogP contribution is -1.96. The molecule has 8 aromatic rings. The molecule has 0 radical (unpaired) electrons. The quantitative estimate of drug-likeness (QED) is 0.205. The van der Waals surface area contributed by atoms with Gasteiger partial charge in [-0.15, -0.1) is 0 Å². The Hall–Kier alpha value is -5.48. The Kier molecular flexibility index (Phi) is 6.57. The average molecular weight is 541 g/mol. The monoisotopic (exact) mass is 540 g/mol. The van der Waals surface area contributed by atoms with Gasteiger partial charge < -0.3 is 0 Å². The van der Waals surface area contributed by atoms with Gasteiger partial charge in [-0.25, -0.2) is 0 Å². The summed E-state index contributed by atoms with van der Waals surface area (Å²) in [6.07, 6.45) is 5.51. The molecular formula is C38H28N4. The van der Waals surface area contributed by atoms with Crippen molar-refractivity contribution in [3.05, 3.63) is 145 Å². The van der Waals surface area contributed by atoms with Crippen LogP contribution >= 0.6 is 0 Å². The smallest absolute Gasteiger partial charge is 0.0974 e. The van der Waals surface area contributed by atoms with Crippen molar-refractivity contribution in [3.8, 4) is 22.3 Å². The maximum atomic E-state index is 4.96. The minimum atomic E-state index is 0.958. The molecule has 0 bridgehead atoms. The molecule has 0 aliphatic heterocycles. The normalized spacial score (nSPS) is 11.1. The first-order valence-corrected chi connectivity index (χ1v) is 14.1. The van der Waals surface area contributed by atoms with E-state index in [9.17, 15) is 0 Å². The van der Waals surface area contributed by atoms with Crippen LogP contribution in [0.25, 0.3) is 65.9 Å². The third kappa shape index (κ3) is 4.53. The highest BCUT2D eigenvalue weighted by atomic mass is 14.8. The van der Waals surface area contributed by atoms with Crippen molar-refractivity contribution in [3.63, 3.8) is 0 Å². The summed E-state index contributed by atoms with van der Waals surface area (Å²) in [6.45, 7) is 4.24. The Labute approximate surface area is 244 Å². The topological polar surface area (TPSA) is 51.6 Å². The van der Waals surface area contributed by atoms with Crippen molar-refractivity contribution >= 4 is 43.6 Å². The van der Waals surface area contributed by atoms with Crippen LogP contribution in [0.5, 0.6) is 0 Å². The number of benzene rings is 4. The molecule has 0 spiro atoms. The molecule has 0 N–H and O–H groups in total. The zero-order valence-corrected chi connectivity index (χ0v) is 23.5. The van der Waals surface area contributed by atoms with Gasteiger partial charge in [-0.2, -0.15) is 0 Å². The highest BCUT2D eigenvalue weighted by Gasteiger charge is 2.15. The minimum Gasteiger partial charge on any atom is -0.256 e. The molecule has 0 atom stereocenters. The second-order valence-corrected chi connectivity index (χ2v) is 10.4. The van der Waals surface area contributed by atoms with Crippen LogP contribution in [-0.2, 0) is 0 Å². The number of fused-ring (bicyclic) bond motifs is 6. The van der Waals surface area contributed by atoms with Crippen molar-refractivity contribution in [1.82, 2.24) is 19.9 Å². The van der Waals surface area contributed by atoms with Crippen LogP contribution in [0.15, 0.2) is 134 Å². The Bertz CT molecular complexity index is 2150. The summed E-state index contributed by atoms with van der Waals surface area (Å²) in [7, 11) is 0. The van der Waals surface area contributed by atoms with Crippen molar-refractivity contribution in [2.24, 2.45) is 0 Å². The van der Waals surface area contributed by atoms with Crippen LogP contribution in [-0.4, -0.2) is 19.9 Å². The third-order valence-corrected chi connectivity index (χ3v) is 7.85. The van der Waals surface area contributed by atoms with Gasteiger partial charge in [0.2, 0.25) is 0 Å². The van der Waals surface area contributed by atoms with E-state index in [1.165, 1.54) is 27.8 Å². The third-order valence-electron chi connectivity index (χ3n) is 7.85. The van der Waals surface area contributed by atoms with E-state index < -0.39 is 0 Å². The van der Waals surface area contributed by atoms with Gasteiger partial charge in [-0.1, -0.05) is 84.9 Å². The van der Waals surface area contributed by atoms with Crippen molar-refractivity contribution in [1.29, 1.82) is 0 Å². The maximum Gasteiger partial charge on any atom is 0.0974 e. The van der Waals surface area contributed by atoms with E-state index in [-0.39, 0.29) is 0 Å².